The number of carbonyl (C=O) groups excluding carboxylic acids is 1. The highest BCUT2D eigenvalue weighted by molar-refractivity contribution is 5.76. The third-order valence-corrected chi connectivity index (χ3v) is 5.39. The Morgan fingerprint density at radius 3 is 2.52 bits per heavy atom. The van der Waals surface area contributed by atoms with Gasteiger partial charge in [-0.15, -0.1) is 15.3 Å². The van der Waals surface area contributed by atoms with Crippen LogP contribution in [-0.2, 0) is 11.0 Å². The van der Waals surface area contributed by atoms with E-state index in [1.54, 1.807) is 6.07 Å². The number of nitrogens with one attached hydrogen (secondary N) is 1. The van der Waals surface area contributed by atoms with E-state index in [2.05, 4.69) is 20.6 Å². The molecular weight excluding hydrogens is 361 g/mol. The second-order valence-corrected chi connectivity index (χ2v) is 7.31. The van der Waals surface area contributed by atoms with Crippen LogP contribution in [0.1, 0.15) is 44.3 Å². The van der Waals surface area contributed by atoms with Gasteiger partial charge in [-0.05, 0) is 50.2 Å². The number of piperidine rings is 1. The molecular formula is C17H21F3N6O. The number of hydrogen-bond donors (Lipinski definition) is 1. The van der Waals surface area contributed by atoms with Crippen LogP contribution in [0, 0.1) is 5.92 Å². The number of halogens is 3. The smallest absolute Gasteiger partial charge is 0.355 e. The molecule has 10 heteroatoms. The molecule has 2 fully saturated rings. The fraction of sp³-hybridized carbons (Fsp3) is 0.647. The lowest BCUT2D eigenvalue weighted by Gasteiger charge is -2.33. The molecule has 1 saturated carbocycles. The minimum atomic E-state index is -4.61. The molecule has 4 rings (SSSR count). The maximum Gasteiger partial charge on any atom is 0.453 e. The minimum absolute atomic E-state index is 0.0635. The van der Waals surface area contributed by atoms with Crippen molar-refractivity contribution in [2.45, 2.75) is 50.7 Å². The molecule has 3 heterocycles. The molecule has 0 spiro atoms. The van der Waals surface area contributed by atoms with Gasteiger partial charge in [0.15, 0.2) is 5.65 Å². The van der Waals surface area contributed by atoms with E-state index in [-0.39, 0.29) is 11.6 Å². The van der Waals surface area contributed by atoms with Gasteiger partial charge in [-0.3, -0.25) is 4.79 Å². The van der Waals surface area contributed by atoms with Crippen LogP contribution in [0.5, 0.6) is 0 Å². The maximum atomic E-state index is 13.0. The Balaban J connectivity index is 1.38. The quantitative estimate of drug-likeness (QED) is 0.879. The standard InChI is InChI=1S/C17H21F3N6O/c18-17(19,20)16-23-22-13-4-5-14(24-26(13)16)25-8-6-11(7-9-25)10-15(27)21-12-2-1-3-12/h4-5,11-12H,1-3,6-10H2,(H,21,27). The molecule has 0 atom stereocenters. The Morgan fingerprint density at radius 2 is 1.89 bits per heavy atom. The summed E-state index contributed by atoms with van der Waals surface area (Å²) in [6, 6.07) is 3.50. The van der Waals surface area contributed by atoms with Crippen LogP contribution in [0.25, 0.3) is 5.65 Å². The predicted molar refractivity (Wildman–Crippen MR) is 91.1 cm³/mol. The van der Waals surface area contributed by atoms with Gasteiger partial charge >= 0.3 is 6.18 Å². The van der Waals surface area contributed by atoms with Crippen molar-refractivity contribution < 1.29 is 18.0 Å². The summed E-state index contributed by atoms with van der Waals surface area (Å²) in [5.74, 6) is -0.255. The van der Waals surface area contributed by atoms with Crippen LogP contribution in [0.2, 0.25) is 0 Å². The third kappa shape index (κ3) is 3.84. The lowest BCUT2D eigenvalue weighted by molar-refractivity contribution is -0.146. The topological polar surface area (TPSA) is 75.4 Å². The lowest BCUT2D eigenvalue weighted by Crippen LogP contribution is -2.41. The Morgan fingerprint density at radius 1 is 1.15 bits per heavy atom. The van der Waals surface area contributed by atoms with Crippen molar-refractivity contribution in [1.29, 1.82) is 0 Å². The number of alkyl halides is 3. The summed E-state index contributed by atoms with van der Waals surface area (Å²) in [4.78, 5) is 14.0. The van der Waals surface area contributed by atoms with E-state index < -0.39 is 12.0 Å². The summed E-state index contributed by atoms with van der Waals surface area (Å²) < 4.78 is 39.8. The number of anilines is 1. The first-order chi connectivity index (χ1) is 12.9. The molecule has 146 valence electrons. The molecule has 1 aliphatic carbocycles. The highest BCUT2D eigenvalue weighted by Gasteiger charge is 2.38. The average molecular weight is 382 g/mol. The molecule has 0 aromatic carbocycles. The van der Waals surface area contributed by atoms with Crippen molar-refractivity contribution in [3.05, 3.63) is 18.0 Å². The molecule has 1 saturated heterocycles. The fourth-order valence-corrected chi connectivity index (χ4v) is 3.59. The molecule has 0 unspecified atom stereocenters. The van der Waals surface area contributed by atoms with Gasteiger partial charge in [0.1, 0.15) is 5.82 Å². The third-order valence-electron chi connectivity index (χ3n) is 5.39. The van der Waals surface area contributed by atoms with Crippen molar-refractivity contribution >= 4 is 17.4 Å². The van der Waals surface area contributed by atoms with Crippen molar-refractivity contribution in [1.82, 2.24) is 25.1 Å². The van der Waals surface area contributed by atoms with Crippen molar-refractivity contribution in [2.24, 2.45) is 5.92 Å². The van der Waals surface area contributed by atoms with E-state index in [0.717, 1.165) is 30.2 Å². The van der Waals surface area contributed by atoms with E-state index in [9.17, 15) is 18.0 Å². The van der Waals surface area contributed by atoms with E-state index in [1.807, 2.05) is 4.90 Å². The summed E-state index contributed by atoms with van der Waals surface area (Å²) in [5.41, 5.74) is 0.0635. The van der Waals surface area contributed by atoms with E-state index >= 15 is 0 Å². The maximum absolute atomic E-state index is 13.0. The summed E-state index contributed by atoms with van der Waals surface area (Å²) in [7, 11) is 0. The van der Waals surface area contributed by atoms with Gasteiger partial charge in [0.25, 0.3) is 5.82 Å². The minimum Gasteiger partial charge on any atom is -0.355 e. The number of rotatable bonds is 4. The first-order valence-corrected chi connectivity index (χ1v) is 9.24. The van der Waals surface area contributed by atoms with Gasteiger partial charge in [-0.25, -0.2) is 0 Å². The summed E-state index contributed by atoms with van der Waals surface area (Å²) >= 11 is 0. The predicted octanol–water partition coefficient (Wildman–Crippen LogP) is 2.42. The molecule has 2 aromatic heterocycles. The largest absolute Gasteiger partial charge is 0.453 e. The van der Waals surface area contributed by atoms with Crippen molar-refractivity contribution in [2.75, 3.05) is 18.0 Å². The van der Waals surface area contributed by atoms with Gasteiger partial charge < -0.3 is 10.2 Å². The van der Waals surface area contributed by atoms with Gasteiger partial charge in [0.2, 0.25) is 5.91 Å². The molecule has 1 N–H and O–H groups in total. The molecule has 1 amide bonds. The van der Waals surface area contributed by atoms with Crippen LogP contribution in [0.3, 0.4) is 0 Å². The molecule has 1 aliphatic heterocycles. The molecule has 2 aromatic rings. The van der Waals surface area contributed by atoms with E-state index in [0.29, 0.717) is 37.3 Å². The fourth-order valence-electron chi connectivity index (χ4n) is 3.59. The normalized spacial score (nSPS) is 19.3. The number of nitrogens with zero attached hydrogens (tertiary/aromatic N) is 5. The zero-order chi connectivity index (χ0) is 19.0. The Kier molecular flexibility index (Phi) is 4.65. The number of hydrogen-bond acceptors (Lipinski definition) is 5. The Bertz CT molecular complexity index is 824. The number of aromatic nitrogens is 4. The molecule has 2 aliphatic rings. The van der Waals surface area contributed by atoms with Gasteiger partial charge in [0, 0.05) is 25.6 Å². The van der Waals surface area contributed by atoms with Crippen LogP contribution < -0.4 is 10.2 Å². The lowest BCUT2D eigenvalue weighted by atomic mass is 9.90. The zero-order valence-electron chi connectivity index (χ0n) is 14.7. The Labute approximate surface area is 153 Å². The summed E-state index contributed by atoms with van der Waals surface area (Å²) in [6.07, 6.45) is 0.858. The van der Waals surface area contributed by atoms with Crippen LogP contribution in [-0.4, -0.2) is 44.8 Å². The molecule has 0 bridgehead atoms. The van der Waals surface area contributed by atoms with Crippen LogP contribution in [0.4, 0.5) is 19.0 Å². The average Bonchev–Trinajstić information content (AvgIpc) is 3.02. The second-order valence-electron chi connectivity index (χ2n) is 7.31. The first kappa shape index (κ1) is 18.0. The second kappa shape index (κ2) is 6.97. The molecule has 7 nitrogen and oxygen atoms in total. The number of amides is 1. The van der Waals surface area contributed by atoms with Crippen LogP contribution in [0.15, 0.2) is 12.1 Å². The molecule has 27 heavy (non-hydrogen) atoms. The van der Waals surface area contributed by atoms with E-state index in [4.69, 9.17) is 0 Å². The highest BCUT2D eigenvalue weighted by Crippen LogP contribution is 2.29. The van der Waals surface area contributed by atoms with Gasteiger partial charge in [-0.1, -0.05) is 0 Å². The Hall–Kier alpha value is -2.39. The van der Waals surface area contributed by atoms with Crippen molar-refractivity contribution in [3.63, 3.8) is 0 Å². The number of carbonyl (C=O) groups is 1. The number of fused-ring (bicyclic) bond motifs is 1. The summed E-state index contributed by atoms with van der Waals surface area (Å²) in [6.45, 7) is 1.31. The first-order valence-electron chi connectivity index (χ1n) is 9.24. The van der Waals surface area contributed by atoms with Crippen molar-refractivity contribution in [3.8, 4) is 0 Å². The summed E-state index contributed by atoms with van der Waals surface area (Å²) in [5, 5.41) is 13.9. The molecule has 0 radical (unpaired) electrons. The van der Waals surface area contributed by atoms with Gasteiger partial charge in [0.05, 0.1) is 0 Å². The zero-order valence-corrected chi connectivity index (χ0v) is 14.7. The SMILES string of the molecule is O=C(CC1CCN(c2ccc3nnc(C(F)(F)F)n3n2)CC1)NC1CCC1. The van der Waals surface area contributed by atoms with E-state index in [1.165, 1.54) is 12.5 Å². The van der Waals surface area contributed by atoms with Gasteiger partial charge in [-0.2, -0.15) is 17.7 Å². The van der Waals surface area contributed by atoms with Crippen LogP contribution >= 0.6 is 0 Å². The monoisotopic (exact) mass is 382 g/mol. The highest BCUT2D eigenvalue weighted by atomic mass is 19.4.